The molecule has 0 spiro atoms. The number of aryl methyl sites for hydroxylation is 1. The summed E-state index contributed by atoms with van der Waals surface area (Å²) in [6, 6.07) is 9.12. The molecular weight excluding hydrogens is 362 g/mol. The van der Waals surface area contributed by atoms with E-state index in [0.29, 0.717) is 23.7 Å². The van der Waals surface area contributed by atoms with Crippen molar-refractivity contribution in [3.05, 3.63) is 46.6 Å². The minimum Gasteiger partial charge on any atom is -0.353 e. The predicted molar refractivity (Wildman–Crippen MR) is 108 cm³/mol. The summed E-state index contributed by atoms with van der Waals surface area (Å²) in [5.41, 5.74) is 1.67. The van der Waals surface area contributed by atoms with Crippen molar-refractivity contribution < 1.29 is 4.79 Å². The van der Waals surface area contributed by atoms with E-state index in [4.69, 9.17) is 16.6 Å². The lowest BCUT2D eigenvalue weighted by molar-refractivity contribution is 0.0746. The van der Waals surface area contributed by atoms with E-state index >= 15 is 0 Å². The molecule has 7 heteroatoms. The highest BCUT2D eigenvalue weighted by Gasteiger charge is 2.24. The number of aromatic nitrogens is 2. The van der Waals surface area contributed by atoms with Gasteiger partial charge in [-0.05, 0) is 44.0 Å². The van der Waals surface area contributed by atoms with Crippen molar-refractivity contribution in [2.75, 3.05) is 49.1 Å². The molecule has 2 aliphatic rings. The van der Waals surface area contributed by atoms with Gasteiger partial charge in [-0.3, -0.25) is 4.79 Å². The molecule has 0 radical (unpaired) electrons. The molecule has 2 saturated heterocycles. The highest BCUT2D eigenvalue weighted by atomic mass is 35.5. The summed E-state index contributed by atoms with van der Waals surface area (Å²) in [6.07, 6.45) is 2.41. The molecule has 27 heavy (non-hydrogen) atoms. The molecule has 1 amide bonds. The summed E-state index contributed by atoms with van der Waals surface area (Å²) in [5.74, 6) is 1.85. The zero-order valence-corrected chi connectivity index (χ0v) is 16.3. The first-order chi connectivity index (χ1) is 13.1. The smallest absolute Gasteiger partial charge is 0.253 e. The van der Waals surface area contributed by atoms with Crippen LogP contribution in [0.5, 0.6) is 0 Å². The van der Waals surface area contributed by atoms with Crippen LogP contribution in [-0.4, -0.2) is 60.0 Å². The first kappa shape index (κ1) is 18.0. The maximum Gasteiger partial charge on any atom is 0.253 e. The van der Waals surface area contributed by atoms with Crippen LogP contribution in [0.2, 0.25) is 5.02 Å². The molecule has 3 heterocycles. The summed E-state index contributed by atoms with van der Waals surface area (Å²) in [5, 5.41) is 0.643. The lowest BCUT2D eigenvalue weighted by atomic mass is 10.2. The third-order valence-corrected chi connectivity index (χ3v) is 5.45. The van der Waals surface area contributed by atoms with Gasteiger partial charge in [-0.2, -0.15) is 4.98 Å². The molecule has 0 N–H and O–H groups in total. The van der Waals surface area contributed by atoms with Crippen LogP contribution in [0.3, 0.4) is 0 Å². The molecule has 1 aromatic heterocycles. The summed E-state index contributed by atoms with van der Waals surface area (Å²) < 4.78 is 0. The van der Waals surface area contributed by atoms with Crippen molar-refractivity contribution >= 4 is 29.3 Å². The Morgan fingerprint density at radius 3 is 2.26 bits per heavy atom. The molecule has 0 aliphatic carbocycles. The van der Waals surface area contributed by atoms with Crippen LogP contribution in [0.15, 0.2) is 30.3 Å². The van der Waals surface area contributed by atoms with Gasteiger partial charge in [0.1, 0.15) is 5.82 Å². The standard InChI is InChI=1S/C20H24ClN5O/c1-15-14-18(23-20(22-15)26-8-2-3-9-26)24-10-12-25(13-11-24)19(27)16-4-6-17(21)7-5-16/h4-7,14H,2-3,8-13H2,1H3. The Kier molecular flexibility index (Phi) is 5.16. The van der Waals surface area contributed by atoms with Crippen LogP contribution < -0.4 is 9.80 Å². The molecule has 0 unspecified atom stereocenters. The normalized spacial score (nSPS) is 17.5. The fraction of sp³-hybridized carbons (Fsp3) is 0.450. The molecular formula is C20H24ClN5O. The van der Waals surface area contributed by atoms with E-state index in [1.165, 1.54) is 12.8 Å². The lowest BCUT2D eigenvalue weighted by Gasteiger charge is -2.35. The van der Waals surface area contributed by atoms with Gasteiger partial charge in [-0.1, -0.05) is 11.6 Å². The van der Waals surface area contributed by atoms with E-state index in [-0.39, 0.29) is 5.91 Å². The largest absolute Gasteiger partial charge is 0.353 e. The average molecular weight is 386 g/mol. The third-order valence-electron chi connectivity index (χ3n) is 5.20. The van der Waals surface area contributed by atoms with E-state index in [1.54, 1.807) is 24.3 Å². The second kappa shape index (κ2) is 7.72. The Hall–Kier alpha value is -2.34. The quantitative estimate of drug-likeness (QED) is 0.813. The van der Waals surface area contributed by atoms with Gasteiger partial charge in [0.05, 0.1) is 0 Å². The average Bonchev–Trinajstić information content (AvgIpc) is 3.23. The van der Waals surface area contributed by atoms with Gasteiger partial charge >= 0.3 is 0 Å². The number of benzene rings is 1. The number of hydrogen-bond acceptors (Lipinski definition) is 5. The fourth-order valence-corrected chi connectivity index (χ4v) is 3.80. The van der Waals surface area contributed by atoms with Crippen molar-refractivity contribution in [3.8, 4) is 0 Å². The van der Waals surface area contributed by atoms with Crippen LogP contribution in [0.25, 0.3) is 0 Å². The van der Waals surface area contributed by atoms with Gasteiger partial charge in [-0.25, -0.2) is 4.98 Å². The molecule has 142 valence electrons. The topological polar surface area (TPSA) is 52.6 Å². The van der Waals surface area contributed by atoms with Gasteiger partial charge in [0, 0.05) is 61.6 Å². The van der Waals surface area contributed by atoms with E-state index in [2.05, 4.69) is 14.8 Å². The molecule has 2 aliphatic heterocycles. The van der Waals surface area contributed by atoms with Crippen LogP contribution in [0.1, 0.15) is 28.9 Å². The van der Waals surface area contributed by atoms with E-state index < -0.39 is 0 Å². The summed E-state index contributed by atoms with van der Waals surface area (Å²) >= 11 is 5.91. The zero-order chi connectivity index (χ0) is 18.8. The van der Waals surface area contributed by atoms with Gasteiger partial charge in [-0.15, -0.1) is 0 Å². The summed E-state index contributed by atoms with van der Waals surface area (Å²) in [7, 11) is 0. The molecule has 2 fully saturated rings. The highest BCUT2D eigenvalue weighted by Crippen LogP contribution is 2.22. The van der Waals surface area contributed by atoms with E-state index in [9.17, 15) is 4.79 Å². The monoisotopic (exact) mass is 385 g/mol. The molecule has 0 atom stereocenters. The van der Waals surface area contributed by atoms with Gasteiger partial charge in [0.2, 0.25) is 5.95 Å². The molecule has 1 aromatic carbocycles. The summed E-state index contributed by atoms with van der Waals surface area (Å²) in [4.78, 5) is 28.5. The number of halogens is 1. The number of rotatable bonds is 3. The summed E-state index contributed by atoms with van der Waals surface area (Å²) in [6.45, 7) is 7.00. The third kappa shape index (κ3) is 4.00. The Bertz CT molecular complexity index is 812. The van der Waals surface area contributed by atoms with E-state index in [0.717, 1.165) is 43.6 Å². The number of carbonyl (C=O) groups is 1. The second-order valence-electron chi connectivity index (χ2n) is 7.15. The van der Waals surface area contributed by atoms with E-state index in [1.807, 2.05) is 17.9 Å². The molecule has 0 bridgehead atoms. The number of anilines is 2. The number of hydrogen-bond donors (Lipinski definition) is 0. The van der Waals surface area contributed by atoms with Gasteiger partial charge < -0.3 is 14.7 Å². The number of piperazine rings is 1. The molecule has 4 rings (SSSR count). The molecule has 6 nitrogen and oxygen atoms in total. The minimum atomic E-state index is 0.0583. The van der Waals surface area contributed by atoms with Crippen LogP contribution in [0, 0.1) is 6.92 Å². The second-order valence-corrected chi connectivity index (χ2v) is 7.58. The fourth-order valence-electron chi connectivity index (χ4n) is 3.67. The Morgan fingerprint density at radius 2 is 1.59 bits per heavy atom. The maximum absolute atomic E-state index is 12.7. The number of nitrogens with zero attached hydrogens (tertiary/aromatic N) is 5. The van der Waals surface area contributed by atoms with Crippen molar-refractivity contribution in [2.24, 2.45) is 0 Å². The SMILES string of the molecule is Cc1cc(N2CCN(C(=O)c3ccc(Cl)cc3)CC2)nc(N2CCCC2)n1. The number of amides is 1. The molecule has 2 aromatic rings. The van der Waals surface area contributed by atoms with Crippen LogP contribution in [0.4, 0.5) is 11.8 Å². The van der Waals surface area contributed by atoms with Crippen molar-refractivity contribution in [1.82, 2.24) is 14.9 Å². The van der Waals surface area contributed by atoms with Gasteiger partial charge in [0.25, 0.3) is 5.91 Å². The Morgan fingerprint density at radius 1 is 0.926 bits per heavy atom. The van der Waals surface area contributed by atoms with Crippen molar-refractivity contribution in [3.63, 3.8) is 0 Å². The lowest BCUT2D eigenvalue weighted by Crippen LogP contribution is -2.49. The minimum absolute atomic E-state index is 0.0583. The van der Waals surface area contributed by atoms with Gasteiger partial charge in [0.15, 0.2) is 0 Å². The number of carbonyl (C=O) groups excluding carboxylic acids is 1. The Labute approximate surface area is 164 Å². The zero-order valence-electron chi connectivity index (χ0n) is 15.6. The predicted octanol–water partition coefficient (Wildman–Crippen LogP) is 3.00. The first-order valence-corrected chi connectivity index (χ1v) is 9.88. The first-order valence-electron chi connectivity index (χ1n) is 9.50. The van der Waals surface area contributed by atoms with Crippen LogP contribution in [-0.2, 0) is 0 Å². The Balaban J connectivity index is 1.43. The highest BCUT2D eigenvalue weighted by molar-refractivity contribution is 6.30. The van der Waals surface area contributed by atoms with Crippen molar-refractivity contribution in [1.29, 1.82) is 0 Å². The van der Waals surface area contributed by atoms with Crippen molar-refractivity contribution in [2.45, 2.75) is 19.8 Å². The maximum atomic E-state index is 12.7. The molecule has 0 saturated carbocycles. The van der Waals surface area contributed by atoms with Crippen LogP contribution >= 0.6 is 11.6 Å².